The first-order valence-electron chi connectivity index (χ1n) is 4.09. The van der Waals surface area contributed by atoms with Crippen LogP contribution in [0.25, 0.3) is 0 Å². The van der Waals surface area contributed by atoms with Gasteiger partial charge in [0.25, 0.3) is 0 Å². The minimum absolute atomic E-state index is 0.209. The Morgan fingerprint density at radius 1 is 1.54 bits per heavy atom. The summed E-state index contributed by atoms with van der Waals surface area (Å²) in [6, 6.07) is 0. The molecule has 0 aliphatic rings. The van der Waals surface area contributed by atoms with E-state index in [-0.39, 0.29) is 12.4 Å². The molecule has 0 spiro atoms. The Hall–Kier alpha value is 0.220. The average Bonchev–Trinajstić information content (AvgIpc) is 2.02. The van der Waals surface area contributed by atoms with E-state index in [4.69, 9.17) is 5.11 Å². The molecular weight excluding hydrogens is 210 g/mol. The zero-order valence-electron chi connectivity index (χ0n) is 7.99. The minimum Gasteiger partial charge on any atom is -0.395 e. The van der Waals surface area contributed by atoms with Crippen molar-refractivity contribution < 1.29 is 13.5 Å². The molecule has 80 valence electrons. The number of rotatable bonds is 7. The Morgan fingerprint density at radius 3 is 2.62 bits per heavy atom. The zero-order valence-corrected chi connectivity index (χ0v) is 9.62. The molecule has 0 saturated heterocycles. The lowest BCUT2D eigenvalue weighted by Crippen LogP contribution is -2.32. The standard InChI is InChI=1S/C7H17NO3S2/c1-7(6-12-2)5-8-13(10,11)4-3-9/h7-9H,3-6H2,1-2H3. The highest BCUT2D eigenvalue weighted by Gasteiger charge is 2.10. The van der Waals surface area contributed by atoms with Crippen LogP contribution in [0.4, 0.5) is 0 Å². The molecule has 6 heteroatoms. The van der Waals surface area contributed by atoms with Gasteiger partial charge in [0.15, 0.2) is 0 Å². The van der Waals surface area contributed by atoms with Crippen LogP contribution in [0.3, 0.4) is 0 Å². The van der Waals surface area contributed by atoms with Gasteiger partial charge in [0.05, 0.1) is 12.4 Å². The van der Waals surface area contributed by atoms with E-state index in [0.29, 0.717) is 12.5 Å². The van der Waals surface area contributed by atoms with Gasteiger partial charge in [-0.1, -0.05) is 6.92 Å². The first kappa shape index (κ1) is 13.2. The van der Waals surface area contributed by atoms with Crippen LogP contribution in [0.1, 0.15) is 6.92 Å². The molecule has 0 aromatic heterocycles. The molecule has 4 nitrogen and oxygen atoms in total. The molecule has 0 bridgehead atoms. The van der Waals surface area contributed by atoms with Crippen molar-refractivity contribution in [3.8, 4) is 0 Å². The quantitative estimate of drug-likeness (QED) is 0.637. The Labute approximate surface area is 84.2 Å². The van der Waals surface area contributed by atoms with Gasteiger partial charge in [0.2, 0.25) is 10.0 Å². The number of hydrogen-bond acceptors (Lipinski definition) is 4. The molecule has 13 heavy (non-hydrogen) atoms. The van der Waals surface area contributed by atoms with Gasteiger partial charge in [-0.2, -0.15) is 11.8 Å². The van der Waals surface area contributed by atoms with Crippen molar-refractivity contribution in [1.29, 1.82) is 0 Å². The van der Waals surface area contributed by atoms with E-state index in [1.165, 1.54) is 0 Å². The van der Waals surface area contributed by atoms with Crippen molar-refractivity contribution in [2.75, 3.05) is 30.9 Å². The number of thioether (sulfide) groups is 1. The molecule has 0 aliphatic carbocycles. The van der Waals surface area contributed by atoms with E-state index < -0.39 is 10.0 Å². The van der Waals surface area contributed by atoms with Crippen molar-refractivity contribution in [3.63, 3.8) is 0 Å². The van der Waals surface area contributed by atoms with Crippen LogP contribution in [0, 0.1) is 5.92 Å². The van der Waals surface area contributed by atoms with Crippen molar-refractivity contribution in [1.82, 2.24) is 4.72 Å². The maximum atomic E-state index is 11.1. The Bertz CT molecular complexity index is 216. The predicted octanol–water partition coefficient (Wildman–Crippen LogP) is -0.103. The van der Waals surface area contributed by atoms with Gasteiger partial charge in [-0.3, -0.25) is 0 Å². The zero-order chi connectivity index (χ0) is 10.3. The number of aliphatic hydroxyl groups excluding tert-OH is 1. The summed E-state index contributed by atoms with van der Waals surface area (Å²) >= 11 is 1.69. The van der Waals surface area contributed by atoms with E-state index >= 15 is 0 Å². The summed E-state index contributed by atoms with van der Waals surface area (Å²) in [5, 5.41) is 8.45. The van der Waals surface area contributed by atoms with Crippen molar-refractivity contribution in [3.05, 3.63) is 0 Å². The van der Waals surface area contributed by atoms with Gasteiger partial charge in [0.1, 0.15) is 0 Å². The SMILES string of the molecule is CSCC(C)CNS(=O)(=O)CCO. The van der Waals surface area contributed by atoms with Gasteiger partial charge in [0, 0.05) is 6.54 Å². The van der Waals surface area contributed by atoms with Crippen LogP contribution in [0.5, 0.6) is 0 Å². The summed E-state index contributed by atoms with van der Waals surface area (Å²) in [5.41, 5.74) is 0. The van der Waals surface area contributed by atoms with Crippen molar-refractivity contribution in [2.24, 2.45) is 5.92 Å². The number of aliphatic hydroxyl groups is 1. The van der Waals surface area contributed by atoms with Crippen LogP contribution >= 0.6 is 11.8 Å². The molecule has 0 aromatic rings. The third-order valence-electron chi connectivity index (χ3n) is 1.46. The number of nitrogens with one attached hydrogen (secondary N) is 1. The topological polar surface area (TPSA) is 66.4 Å². The van der Waals surface area contributed by atoms with Crippen LogP contribution < -0.4 is 4.72 Å². The smallest absolute Gasteiger partial charge is 0.213 e. The second-order valence-electron chi connectivity index (χ2n) is 2.95. The molecule has 2 N–H and O–H groups in total. The lowest BCUT2D eigenvalue weighted by Gasteiger charge is -2.10. The molecule has 1 unspecified atom stereocenters. The molecule has 0 aliphatic heterocycles. The molecular formula is C7H17NO3S2. The lowest BCUT2D eigenvalue weighted by molar-refractivity contribution is 0.319. The third-order valence-corrected chi connectivity index (χ3v) is 3.69. The molecule has 0 aromatic carbocycles. The molecule has 0 saturated carbocycles. The molecule has 0 amide bonds. The predicted molar refractivity (Wildman–Crippen MR) is 56.4 cm³/mol. The highest BCUT2D eigenvalue weighted by Crippen LogP contribution is 2.03. The van der Waals surface area contributed by atoms with Gasteiger partial charge >= 0.3 is 0 Å². The Kier molecular flexibility index (Phi) is 6.75. The molecule has 0 radical (unpaired) electrons. The van der Waals surface area contributed by atoms with Gasteiger partial charge in [-0.15, -0.1) is 0 Å². The Balaban J connectivity index is 3.74. The third kappa shape index (κ3) is 7.30. The van der Waals surface area contributed by atoms with Gasteiger partial charge in [-0.05, 0) is 17.9 Å². The van der Waals surface area contributed by atoms with Crippen LogP contribution in [-0.2, 0) is 10.0 Å². The number of sulfonamides is 1. The summed E-state index contributed by atoms with van der Waals surface area (Å²) in [7, 11) is -3.25. The van der Waals surface area contributed by atoms with Crippen LogP contribution in [0.15, 0.2) is 0 Å². The highest BCUT2D eigenvalue weighted by atomic mass is 32.2. The fourth-order valence-corrected chi connectivity index (χ4v) is 2.42. The minimum atomic E-state index is -3.25. The van der Waals surface area contributed by atoms with Gasteiger partial charge < -0.3 is 5.11 Å². The molecule has 0 rings (SSSR count). The monoisotopic (exact) mass is 227 g/mol. The second-order valence-corrected chi connectivity index (χ2v) is 5.79. The summed E-state index contributed by atoms with van der Waals surface area (Å²) in [4.78, 5) is 0. The molecule has 1 atom stereocenters. The maximum absolute atomic E-state index is 11.1. The first-order valence-corrected chi connectivity index (χ1v) is 7.13. The Morgan fingerprint density at radius 2 is 2.15 bits per heavy atom. The van der Waals surface area contributed by atoms with E-state index in [1.807, 2.05) is 13.2 Å². The fourth-order valence-electron chi connectivity index (χ4n) is 0.805. The van der Waals surface area contributed by atoms with Gasteiger partial charge in [-0.25, -0.2) is 13.1 Å². The lowest BCUT2D eigenvalue weighted by atomic mass is 10.2. The normalized spacial score (nSPS) is 14.4. The molecule has 0 heterocycles. The summed E-state index contributed by atoms with van der Waals surface area (Å²) < 4.78 is 24.6. The second kappa shape index (κ2) is 6.64. The van der Waals surface area contributed by atoms with E-state index in [0.717, 1.165) is 5.75 Å². The number of hydrogen-bond donors (Lipinski definition) is 2. The fraction of sp³-hybridized carbons (Fsp3) is 1.00. The molecule has 0 fully saturated rings. The van der Waals surface area contributed by atoms with E-state index in [9.17, 15) is 8.42 Å². The van der Waals surface area contributed by atoms with Crippen molar-refractivity contribution in [2.45, 2.75) is 6.92 Å². The average molecular weight is 227 g/mol. The highest BCUT2D eigenvalue weighted by molar-refractivity contribution is 7.98. The van der Waals surface area contributed by atoms with Crippen LogP contribution in [0.2, 0.25) is 0 Å². The largest absolute Gasteiger partial charge is 0.395 e. The van der Waals surface area contributed by atoms with E-state index in [2.05, 4.69) is 4.72 Å². The summed E-state index contributed by atoms with van der Waals surface area (Å²) in [6.07, 6.45) is 1.98. The van der Waals surface area contributed by atoms with E-state index in [1.54, 1.807) is 11.8 Å². The van der Waals surface area contributed by atoms with Crippen molar-refractivity contribution >= 4 is 21.8 Å². The summed E-state index contributed by atoms with van der Waals surface area (Å²) in [5.74, 6) is 1.05. The summed E-state index contributed by atoms with van der Waals surface area (Å²) in [6.45, 7) is 2.10. The maximum Gasteiger partial charge on any atom is 0.213 e. The van der Waals surface area contributed by atoms with Crippen LogP contribution in [-0.4, -0.2) is 44.4 Å². The first-order chi connectivity index (χ1) is 6.02.